The number of ether oxygens (including phenoxy) is 1. The van der Waals surface area contributed by atoms with E-state index in [0.29, 0.717) is 6.61 Å². The van der Waals surface area contributed by atoms with Crippen LogP contribution in [0.2, 0.25) is 0 Å². The van der Waals surface area contributed by atoms with Crippen LogP contribution in [0.25, 0.3) is 0 Å². The maximum atomic E-state index is 12.4. The smallest absolute Gasteiger partial charge is 0.235 e. The van der Waals surface area contributed by atoms with E-state index in [0.717, 1.165) is 35.0 Å². The molecule has 0 bridgehead atoms. The molecule has 3 rings (SSSR count). The molecular formula is C14H16BrNO2. The monoisotopic (exact) mass is 309 g/mol. The summed E-state index contributed by atoms with van der Waals surface area (Å²) in [6.07, 6.45) is 2.71. The van der Waals surface area contributed by atoms with Gasteiger partial charge in [0, 0.05) is 16.8 Å². The number of rotatable bonds is 1. The Kier molecular flexibility index (Phi) is 2.94. The Morgan fingerprint density at radius 2 is 2.39 bits per heavy atom. The molecule has 1 saturated heterocycles. The molecule has 1 spiro atoms. The van der Waals surface area contributed by atoms with Crippen LogP contribution in [0.3, 0.4) is 0 Å². The van der Waals surface area contributed by atoms with Crippen LogP contribution < -0.4 is 5.32 Å². The minimum atomic E-state index is -0.377. The third-order valence-electron chi connectivity index (χ3n) is 4.09. The molecule has 2 aliphatic heterocycles. The van der Waals surface area contributed by atoms with Gasteiger partial charge in [-0.1, -0.05) is 22.9 Å². The molecule has 96 valence electrons. The molecule has 2 aliphatic rings. The van der Waals surface area contributed by atoms with Gasteiger partial charge in [0.15, 0.2) is 0 Å². The second-order valence-electron chi connectivity index (χ2n) is 5.08. The molecule has 2 heterocycles. The predicted molar refractivity (Wildman–Crippen MR) is 73.7 cm³/mol. The minimum Gasteiger partial charge on any atom is -0.378 e. The Morgan fingerprint density at radius 3 is 3.17 bits per heavy atom. The SMILES string of the molecule is CCC1CC2(CCO1)C(=O)Nc1ccc(Br)cc12. The highest BCUT2D eigenvalue weighted by Crippen LogP contribution is 2.47. The lowest BCUT2D eigenvalue weighted by Crippen LogP contribution is -2.43. The van der Waals surface area contributed by atoms with E-state index >= 15 is 0 Å². The Labute approximate surface area is 115 Å². The summed E-state index contributed by atoms with van der Waals surface area (Å²) in [5.41, 5.74) is 1.71. The molecule has 1 N–H and O–H groups in total. The fourth-order valence-corrected chi connectivity index (χ4v) is 3.41. The molecule has 0 aliphatic carbocycles. The molecule has 1 fully saturated rings. The van der Waals surface area contributed by atoms with Gasteiger partial charge in [0.05, 0.1) is 11.5 Å². The Hall–Kier alpha value is -0.870. The molecule has 2 unspecified atom stereocenters. The van der Waals surface area contributed by atoms with Crippen molar-refractivity contribution in [3.63, 3.8) is 0 Å². The first-order chi connectivity index (χ1) is 8.65. The van der Waals surface area contributed by atoms with Crippen LogP contribution in [0.4, 0.5) is 5.69 Å². The Morgan fingerprint density at radius 1 is 1.56 bits per heavy atom. The number of fused-ring (bicyclic) bond motifs is 2. The quantitative estimate of drug-likeness (QED) is 0.865. The van der Waals surface area contributed by atoms with Crippen molar-refractivity contribution < 1.29 is 9.53 Å². The van der Waals surface area contributed by atoms with Crippen molar-refractivity contribution in [3.8, 4) is 0 Å². The average Bonchev–Trinajstić information content (AvgIpc) is 2.63. The zero-order chi connectivity index (χ0) is 12.8. The first-order valence-electron chi connectivity index (χ1n) is 6.39. The summed E-state index contributed by atoms with van der Waals surface area (Å²) in [6.45, 7) is 2.77. The average molecular weight is 310 g/mol. The van der Waals surface area contributed by atoms with Gasteiger partial charge in [-0.3, -0.25) is 4.79 Å². The number of hydrogen-bond donors (Lipinski definition) is 1. The van der Waals surface area contributed by atoms with Gasteiger partial charge < -0.3 is 10.1 Å². The lowest BCUT2D eigenvalue weighted by molar-refractivity contribution is -0.126. The van der Waals surface area contributed by atoms with Crippen molar-refractivity contribution >= 4 is 27.5 Å². The normalized spacial score (nSPS) is 30.3. The summed E-state index contributed by atoms with van der Waals surface area (Å²) in [6, 6.07) is 6.02. The molecule has 1 aromatic carbocycles. The van der Waals surface area contributed by atoms with Crippen molar-refractivity contribution in [3.05, 3.63) is 28.2 Å². The fourth-order valence-electron chi connectivity index (χ4n) is 3.05. The Balaban J connectivity index is 2.06. The molecule has 1 amide bonds. The van der Waals surface area contributed by atoms with Gasteiger partial charge in [0.1, 0.15) is 0 Å². The second kappa shape index (κ2) is 4.35. The topological polar surface area (TPSA) is 38.3 Å². The van der Waals surface area contributed by atoms with E-state index in [-0.39, 0.29) is 17.4 Å². The highest BCUT2D eigenvalue weighted by molar-refractivity contribution is 9.10. The van der Waals surface area contributed by atoms with Crippen molar-refractivity contribution in [1.29, 1.82) is 0 Å². The second-order valence-corrected chi connectivity index (χ2v) is 6.00. The first-order valence-corrected chi connectivity index (χ1v) is 7.18. The van der Waals surface area contributed by atoms with Gasteiger partial charge in [0.25, 0.3) is 0 Å². The zero-order valence-electron chi connectivity index (χ0n) is 10.3. The zero-order valence-corrected chi connectivity index (χ0v) is 11.9. The lowest BCUT2D eigenvalue weighted by Gasteiger charge is -2.36. The largest absolute Gasteiger partial charge is 0.378 e. The fraction of sp³-hybridized carbons (Fsp3) is 0.500. The minimum absolute atomic E-state index is 0.136. The van der Waals surface area contributed by atoms with E-state index in [1.807, 2.05) is 12.1 Å². The number of amides is 1. The summed E-state index contributed by atoms with van der Waals surface area (Å²) >= 11 is 3.50. The third-order valence-corrected chi connectivity index (χ3v) is 4.59. The summed E-state index contributed by atoms with van der Waals surface area (Å²) in [7, 11) is 0. The van der Waals surface area contributed by atoms with Crippen LogP contribution in [0.1, 0.15) is 31.7 Å². The maximum absolute atomic E-state index is 12.4. The van der Waals surface area contributed by atoms with Crippen LogP contribution >= 0.6 is 15.9 Å². The number of anilines is 1. The van der Waals surface area contributed by atoms with Gasteiger partial charge in [0.2, 0.25) is 5.91 Å². The van der Waals surface area contributed by atoms with Gasteiger partial charge >= 0.3 is 0 Å². The first kappa shape index (κ1) is 12.2. The van der Waals surface area contributed by atoms with E-state index in [1.165, 1.54) is 0 Å². The van der Waals surface area contributed by atoms with Gasteiger partial charge in [-0.05, 0) is 43.0 Å². The number of carbonyl (C=O) groups is 1. The molecule has 0 aromatic heterocycles. The molecule has 4 heteroatoms. The van der Waals surface area contributed by atoms with Gasteiger partial charge in [-0.2, -0.15) is 0 Å². The number of halogens is 1. The third kappa shape index (κ3) is 1.70. The van der Waals surface area contributed by atoms with Crippen LogP contribution in [-0.2, 0) is 14.9 Å². The maximum Gasteiger partial charge on any atom is 0.235 e. The molecule has 0 radical (unpaired) electrons. The Bertz CT molecular complexity index is 503. The molecule has 3 nitrogen and oxygen atoms in total. The summed E-state index contributed by atoms with van der Waals surface area (Å²) in [5.74, 6) is 0.136. The van der Waals surface area contributed by atoms with E-state index < -0.39 is 0 Å². The van der Waals surface area contributed by atoms with Gasteiger partial charge in [-0.25, -0.2) is 0 Å². The van der Waals surface area contributed by atoms with E-state index in [1.54, 1.807) is 0 Å². The van der Waals surface area contributed by atoms with Crippen LogP contribution in [0.5, 0.6) is 0 Å². The van der Waals surface area contributed by atoms with Crippen molar-refractivity contribution in [1.82, 2.24) is 0 Å². The highest BCUT2D eigenvalue weighted by Gasteiger charge is 2.49. The van der Waals surface area contributed by atoms with Crippen molar-refractivity contribution in [2.45, 2.75) is 37.7 Å². The lowest BCUT2D eigenvalue weighted by atomic mass is 9.73. The number of benzene rings is 1. The van der Waals surface area contributed by atoms with Crippen molar-refractivity contribution in [2.24, 2.45) is 0 Å². The van der Waals surface area contributed by atoms with E-state index in [4.69, 9.17) is 4.74 Å². The van der Waals surface area contributed by atoms with Crippen molar-refractivity contribution in [2.75, 3.05) is 11.9 Å². The number of carbonyl (C=O) groups excluding carboxylic acids is 1. The van der Waals surface area contributed by atoms with E-state index in [9.17, 15) is 4.79 Å². The van der Waals surface area contributed by atoms with Crippen LogP contribution in [0, 0.1) is 0 Å². The standard InChI is InChI=1S/C14H16BrNO2/c1-2-10-8-14(5-6-18-10)11-7-9(15)3-4-12(11)16-13(14)17/h3-4,7,10H,2,5-6,8H2,1H3,(H,16,17). The molecule has 18 heavy (non-hydrogen) atoms. The molecular weight excluding hydrogens is 294 g/mol. The van der Waals surface area contributed by atoms with Gasteiger partial charge in [-0.15, -0.1) is 0 Å². The number of nitrogens with one attached hydrogen (secondary N) is 1. The number of hydrogen-bond acceptors (Lipinski definition) is 2. The van der Waals surface area contributed by atoms with E-state index in [2.05, 4.69) is 34.2 Å². The predicted octanol–water partition coefficient (Wildman–Crippen LogP) is 3.23. The molecule has 1 aromatic rings. The highest BCUT2D eigenvalue weighted by atomic mass is 79.9. The molecule has 0 saturated carbocycles. The van der Waals surface area contributed by atoms with Crippen LogP contribution in [0.15, 0.2) is 22.7 Å². The summed E-state index contributed by atoms with van der Waals surface area (Å²) in [5, 5.41) is 3.01. The summed E-state index contributed by atoms with van der Waals surface area (Å²) in [4.78, 5) is 12.4. The van der Waals surface area contributed by atoms with Crippen LogP contribution in [-0.4, -0.2) is 18.6 Å². The summed E-state index contributed by atoms with van der Waals surface area (Å²) < 4.78 is 6.74. The molecule has 2 atom stereocenters.